The number of nitrogens with zero attached hydrogens (tertiary/aromatic N) is 2. The highest BCUT2D eigenvalue weighted by Crippen LogP contribution is 2.26. The minimum absolute atomic E-state index is 0.106. The zero-order valence-corrected chi connectivity index (χ0v) is 17.9. The maximum atomic E-state index is 12.7. The minimum Gasteiger partial charge on any atom is -0.355 e. The Labute approximate surface area is 182 Å². The summed E-state index contributed by atoms with van der Waals surface area (Å²) in [5.74, 6) is 0.360. The van der Waals surface area contributed by atoms with Crippen molar-refractivity contribution in [3.8, 4) is 11.3 Å². The predicted molar refractivity (Wildman–Crippen MR) is 119 cm³/mol. The normalized spacial score (nSPS) is 15.7. The van der Waals surface area contributed by atoms with Gasteiger partial charge in [-0.1, -0.05) is 65.1 Å². The first-order valence-electron chi connectivity index (χ1n) is 10.4. The second-order valence-corrected chi connectivity index (χ2v) is 8.25. The highest BCUT2D eigenvalue weighted by Gasteiger charge is 2.24. The Hall–Kier alpha value is -2.63. The van der Waals surface area contributed by atoms with Crippen LogP contribution in [-0.2, 0) is 0 Å². The minimum atomic E-state index is -0.229. The number of amides is 1. The van der Waals surface area contributed by atoms with Crippen LogP contribution in [0.1, 0.15) is 46.9 Å². The first kappa shape index (κ1) is 20.6. The third-order valence-electron chi connectivity index (χ3n) is 5.62. The molecule has 1 unspecified atom stereocenters. The third kappa shape index (κ3) is 4.91. The Balaban J connectivity index is 1.45. The van der Waals surface area contributed by atoms with Crippen LogP contribution in [-0.4, -0.2) is 35.6 Å². The lowest BCUT2D eigenvalue weighted by molar-refractivity contribution is 0.0915. The molecule has 1 N–H and O–H groups in total. The predicted octanol–water partition coefficient (Wildman–Crippen LogP) is 5.26. The molecule has 0 bridgehead atoms. The summed E-state index contributed by atoms with van der Waals surface area (Å²) >= 11 is 6.07. The van der Waals surface area contributed by atoms with Crippen molar-refractivity contribution < 1.29 is 9.32 Å². The summed E-state index contributed by atoms with van der Waals surface area (Å²) in [4.78, 5) is 15.2. The molecular weight excluding hydrogens is 398 g/mol. The van der Waals surface area contributed by atoms with Crippen molar-refractivity contribution in [1.29, 1.82) is 0 Å². The number of aryl methyl sites for hydroxylation is 1. The quantitative estimate of drug-likeness (QED) is 0.587. The summed E-state index contributed by atoms with van der Waals surface area (Å²) in [6.45, 7) is 4.60. The summed E-state index contributed by atoms with van der Waals surface area (Å²) in [6.07, 6.45) is 3.62. The molecule has 6 heteroatoms. The number of rotatable bonds is 6. The molecule has 1 atom stereocenters. The Bertz CT molecular complexity index is 976. The molecule has 1 aliphatic heterocycles. The number of hydrogen-bond acceptors (Lipinski definition) is 4. The number of carbonyl (C=O) groups excluding carboxylic acids is 1. The molecule has 1 aromatic heterocycles. The highest BCUT2D eigenvalue weighted by atomic mass is 35.5. The number of piperidine rings is 1. The van der Waals surface area contributed by atoms with Gasteiger partial charge in [-0.05, 0) is 50.6 Å². The molecule has 3 aromatic rings. The average molecular weight is 424 g/mol. The van der Waals surface area contributed by atoms with E-state index in [1.54, 1.807) is 6.07 Å². The molecule has 2 heterocycles. The molecule has 0 saturated carbocycles. The molecule has 0 radical (unpaired) electrons. The number of aromatic nitrogens is 1. The Kier molecular flexibility index (Phi) is 6.50. The fraction of sp³-hybridized carbons (Fsp3) is 0.333. The summed E-state index contributed by atoms with van der Waals surface area (Å²) in [5, 5.41) is 7.73. The standard InChI is InChI=1S/C24H26ClN3O2/c1-17-5-7-19(8-6-17)23-15-21(27-30-23)24(29)26-16-22(28-13-3-2-4-14-28)18-9-11-20(25)12-10-18/h5-12,15,22H,2-4,13-14,16H2,1H3,(H,26,29). The van der Waals surface area contributed by atoms with E-state index >= 15 is 0 Å². The maximum absolute atomic E-state index is 12.7. The zero-order valence-electron chi connectivity index (χ0n) is 17.1. The molecule has 1 saturated heterocycles. The van der Waals surface area contributed by atoms with Crippen molar-refractivity contribution in [1.82, 2.24) is 15.4 Å². The SMILES string of the molecule is Cc1ccc(-c2cc(C(=O)NCC(c3ccc(Cl)cc3)N3CCCCC3)no2)cc1. The third-order valence-corrected chi connectivity index (χ3v) is 5.87. The number of nitrogens with one attached hydrogen (secondary N) is 1. The van der Waals surface area contributed by atoms with Crippen LogP contribution in [0.3, 0.4) is 0 Å². The number of carbonyl (C=O) groups is 1. The van der Waals surface area contributed by atoms with E-state index in [-0.39, 0.29) is 11.9 Å². The summed E-state index contributed by atoms with van der Waals surface area (Å²) < 4.78 is 5.40. The van der Waals surface area contributed by atoms with E-state index in [2.05, 4.69) is 15.4 Å². The van der Waals surface area contributed by atoms with Crippen LogP contribution in [0.4, 0.5) is 0 Å². The van der Waals surface area contributed by atoms with Gasteiger partial charge in [0.2, 0.25) is 0 Å². The Morgan fingerprint density at radius 2 is 1.80 bits per heavy atom. The van der Waals surface area contributed by atoms with E-state index in [9.17, 15) is 4.79 Å². The van der Waals surface area contributed by atoms with Crippen molar-refractivity contribution in [3.63, 3.8) is 0 Å². The van der Waals surface area contributed by atoms with Crippen LogP contribution in [0.25, 0.3) is 11.3 Å². The van der Waals surface area contributed by atoms with Gasteiger partial charge in [0.05, 0.1) is 6.04 Å². The van der Waals surface area contributed by atoms with Crippen LogP contribution in [0, 0.1) is 6.92 Å². The first-order valence-corrected chi connectivity index (χ1v) is 10.8. The molecule has 156 valence electrons. The van der Waals surface area contributed by atoms with Crippen molar-refractivity contribution in [3.05, 3.63) is 76.4 Å². The topological polar surface area (TPSA) is 58.4 Å². The molecule has 2 aromatic carbocycles. The van der Waals surface area contributed by atoms with E-state index in [0.717, 1.165) is 24.2 Å². The summed E-state index contributed by atoms with van der Waals surface area (Å²) in [5.41, 5.74) is 3.52. The van der Waals surface area contributed by atoms with Crippen molar-refractivity contribution in [2.75, 3.05) is 19.6 Å². The van der Waals surface area contributed by atoms with Gasteiger partial charge in [0, 0.05) is 23.2 Å². The van der Waals surface area contributed by atoms with Gasteiger partial charge in [0.1, 0.15) is 0 Å². The van der Waals surface area contributed by atoms with Gasteiger partial charge in [0.15, 0.2) is 11.5 Å². The van der Waals surface area contributed by atoms with Gasteiger partial charge in [-0.15, -0.1) is 0 Å². The van der Waals surface area contributed by atoms with Gasteiger partial charge in [-0.2, -0.15) is 0 Å². The molecular formula is C24H26ClN3O2. The number of hydrogen-bond donors (Lipinski definition) is 1. The van der Waals surface area contributed by atoms with Crippen LogP contribution in [0.2, 0.25) is 5.02 Å². The van der Waals surface area contributed by atoms with Crippen molar-refractivity contribution in [2.24, 2.45) is 0 Å². The lowest BCUT2D eigenvalue weighted by Crippen LogP contribution is -2.40. The molecule has 1 amide bonds. The van der Waals surface area contributed by atoms with E-state index in [4.69, 9.17) is 16.1 Å². The summed E-state index contributed by atoms with van der Waals surface area (Å²) in [6, 6.07) is 17.6. The molecule has 4 rings (SSSR count). The fourth-order valence-electron chi connectivity index (χ4n) is 3.89. The van der Waals surface area contributed by atoms with Gasteiger partial charge >= 0.3 is 0 Å². The molecule has 30 heavy (non-hydrogen) atoms. The number of benzene rings is 2. The van der Waals surface area contributed by atoms with Crippen LogP contribution >= 0.6 is 11.6 Å². The van der Waals surface area contributed by atoms with E-state index in [1.165, 1.54) is 24.8 Å². The zero-order chi connectivity index (χ0) is 20.9. The largest absolute Gasteiger partial charge is 0.355 e. The average Bonchev–Trinajstić information content (AvgIpc) is 3.27. The van der Waals surface area contributed by atoms with E-state index < -0.39 is 0 Å². The maximum Gasteiger partial charge on any atom is 0.273 e. The van der Waals surface area contributed by atoms with E-state index in [0.29, 0.717) is 23.0 Å². The van der Waals surface area contributed by atoms with Crippen LogP contribution < -0.4 is 5.32 Å². The molecule has 5 nitrogen and oxygen atoms in total. The molecule has 1 aliphatic rings. The number of likely N-dealkylation sites (tertiary alicyclic amines) is 1. The molecule has 0 spiro atoms. The lowest BCUT2D eigenvalue weighted by Gasteiger charge is -2.35. The van der Waals surface area contributed by atoms with Crippen molar-refractivity contribution >= 4 is 17.5 Å². The van der Waals surface area contributed by atoms with Crippen molar-refractivity contribution in [2.45, 2.75) is 32.2 Å². The second-order valence-electron chi connectivity index (χ2n) is 7.82. The highest BCUT2D eigenvalue weighted by molar-refractivity contribution is 6.30. The fourth-order valence-corrected chi connectivity index (χ4v) is 4.01. The Morgan fingerprint density at radius 1 is 1.10 bits per heavy atom. The van der Waals surface area contributed by atoms with Crippen LogP contribution in [0.5, 0.6) is 0 Å². The molecule has 0 aliphatic carbocycles. The Morgan fingerprint density at radius 3 is 2.50 bits per heavy atom. The smallest absolute Gasteiger partial charge is 0.273 e. The second kappa shape index (κ2) is 9.45. The number of halogens is 1. The van der Waals surface area contributed by atoms with Crippen LogP contribution in [0.15, 0.2) is 59.1 Å². The van der Waals surface area contributed by atoms with Gasteiger partial charge in [0.25, 0.3) is 5.91 Å². The van der Waals surface area contributed by atoms with Gasteiger partial charge < -0.3 is 9.84 Å². The molecule has 1 fully saturated rings. The lowest BCUT2D eigenvalue weighted by atomic mass is 10.0. The van der Waals surface area contributed by atoms with Gasteiger partial charge in [-0.25, -0.2) is 0 Å². The summed E-state index contributed by atoms with van der Waals surface area (Å²) in [7, 11) is 0. The van der Waals surface area contributed by atoms with E-state index in [1.807, 2.05) is 55.5 Å². The van der Waals surface area contributed by atoms with Gasteiger partial charge in [-0.3, -0.25) is 9.69 Å². The monoisotopic (exact) mass is 423 g/mol. The first-order chi connectivity index (χ1) is 14.6.